The lowest BCUT2D eigenvalue weighted by molar-refractivity contribution is 0.669. The zero-order chi connectivity index (χ0) is 37.7. The minimum Gasteiger partial charge on any atom is -0.455 e. The predicted octanol–water partition coefficient (Wildman–Crippen LogP) is 15.6. The van der Waals surface area contributed by atoms with Crippen molar-refractivity contribution in [3.05, 3.63) is 212 Å². The van der Waals surface area contributed by atoms with E-state index in [2.05, 4.69) is 205 Å². The fraction of sp³-hybridized carbons (Fsp3) is 0. The van der Waals surface area contributed by atoms with Crippen LogP contribution in [0, 0.1) is 0 Å². The van der Waals surface area contributed by atoms with Gasteiger partial charge in [-0.3, -0.25) is 0 Å². The van der Waals surface area contributed by atoms with Crippen molar-refractivity contribution in [1.82, 2.24) is 0 Å². The van der Waals surface area contributed by atoms with E-state index in [1.165, 1.54) is 11.1 Å². The second kappa shape index (κ2) is 13.6. The third kappa shape index (κ3) is 5.76. The third-order valence-electron chi connectivity index (χ3n) is 11.1. The summed E-state index contributed by atoms with van der Waals surface area (Å²) in [6.45, 7) is 0. The van der Waals surface area contributed by atoms with Crippen LogP contribution in [0.4, 0.5) is 17.1 Å². The van der Waals surface area contributed by atoms with Crippen molar-refractivity contribution in [3.8, 4) is 44.5 Å². The van der Waals surface area contributed by atoms with Crippen LogP contribution in [0.1, 0.15) is 0 Å². The van der Waals surface area contributed by atoms with Crippen LogP contribution >= 0.6 is 0 Å². The molecule has 11 rings (SSSR count). The summed E-state index contributed by atoms with van der Waals surface area (Å²) in [5, 5.41) is 4.41. The molecule has 3 nitrogen and oxygen atoms in total. The zero-order valence-corrected chi connectivity index (χ0v) is 31.0. The number of furan rings is 2. The molecule has 0 aliphatic heterocycles. The van der Waals surface area contributed by atoms with Crippen molar-refractivity contribution >= 4 is 60.9 Å². The highest BCUT2D eigenvalue weighted by molar-refractivity contribution is 6.12. The van der Waals surface area contributed by atoms with Gasteiger partial charge in [0.1, 0.15) is 22.3 Å². The molecule has 0 unspecified atom stereocenters. The number of fused-ring (bicyclic) bond motifs is 6. The van der Waals surface area contributed by atoms with Crippen molar-refractivity contribution in [2.45, 2.75) is 0 Å². The Labute approximate surface area is 330 Å². The molecule has 0 saturated carbocycles. The molecule has 2 heterocycles. The fourth-order valence-corrected chi connectivity index (χ4v) is 8.28. The Kier molecular flexibility index (Phi) is 7.82. The van der Waals surface area contributed by atoms with Crippen molar-refractivity contribution < 1.29 is 8.83 Å². The Morgan fingerprint density at radius 2 is 0.754 bits per heavy atom. The Bertz CT molecular complexity index is 3200. The van der Waals surface area contributed by atoms with Crippen LogP contribution < -0.4 is 4.90 Å². The Balaban J connectivity index is 1.05. The molecule has 0 atom stereocenters. The van der Waals surface area contributed by atoms with Gasteiger partial charge in [0.05, 0.1) is 0 Å². The van der Waals surface area contributed by atoms with E-state index in [9.17, 15) is 0 Å². The molecule has 57 heavy (non-hydrogen) atoms. The monoisotopic (exact) mass is 729 g/mol. The summed E-state index contributed by atoms with van der Waals surface area (Å²) in [6.07, 6.45) is 0. The van der Waals surface area contributed by atoms with Crippen molar-refractivity contribution in [2.75, 3.05) is 4.90 Å². The molecule has 0 amide bonds. The molecule has 0 saturated heterocycles. The molecule has 0 aliphatic rings. The minimum absolute atomic E-state index is 0.878. The van der Waals surface area contributed by atoms with Crippen LogP contribution in [0.3, 0.4) is 0 Å². The van der Waals surface area contributed by atoms with Gasteiger partial charge in [-0.2, -0.15) is 0 Å². The van der Waals surface area contributed by atoms with Gasteiger partial charge in [-0.15, -0.1) is 0 Å². The van der Waals surface area contributed by atoms with Gasteiger partial charge >= 0.3 is 0 Å². The Hall–Kier alpha value is -7.62. The number of rotatable bonds is 7. The molecule has 0 fully saturated rings. The quantitative estimate of drug-likeness (QED) is 0.164. The summed E-state index contributed by atoms with van der Waals surface area (Å²) in [6, 6.07) is 75.1. The first kappa shape index (κ1) is 32.8. The molecule has 268 valence electrons. The molecular formula is C54H35NO2. The van der Waals surface area contributed by atoms with E-state index in [1.807, 2.05) is 12.1 Å². The first-order valence-corrected chi connectivity index (χ1v) is 19.3. The number of benzene rings is 9. The molecular weight excluding hydrogens is 695 g/mol. The number of hydrogen-bond acceptors (Lipinski definition) is 3. The average Bonchev–Trinajstić information content (AvgIpc) is 3.86. The van der Waals surface area contributed by atoms with Crippen LogP contribution in [0.15, 0.2) is 221 Å². The molecule has 0 aliphatic carbocycles. The van der Waals surface area contributed by atoms with E-state index in [0.29, 0.717) is 0 Å². The smallest absolute Gasteiger partial charge is 0.143 e. The number of hydrogen-bond donors (Lipinski definition) is 0. The van der Waals surface area contributed by atoms with Gasteiger partial charge in [0.15, 0.2) is 0 Å². The molecule has 0 bridgehead atoms. The normalized spacial score (nSPS) is 11.5. The second-order valence-electron chi connectivity index (χ2n) is 14.5. The molecule has 0 spiro atoms. The van der Waals surface area contributed by atoms with E-state index < -0.39 is 0 Å². The second-order valence-corrected chi connectivity index (χ2v) is 14.5. The lowest BCUT2D eigenvalue weighted by atomic mass is 9.99. The average molecular weight is 730 g/mol. The number of anilines is 3. The number of para-hydroxylation sites is 2. The van der Waals surface area contributed by atoms with E-state index in [1.54, 1.807) is 0 Å². The first-order chi connectivity index (χ1) is 28.2. The minimum atomic E-state index is 0.878. The first-order valence-electron chi connectivity index (χ1n) is 19.3. The highest BCUT2D eigenvalue weighted by atomic mass is 16.3. The Morgan fingerprint density at radius 1 is 0.263 bits per heavy atom. The van der Waals surface area contributed by atoms with E-state index in [4.69, 9.17) is 8.83 Å². The zero-order valence-electron chi connectivity index (χ0n) is 31.0. The number of nitrogens with zero attached hydrogens (tertiary/aromatic N) is 1. The van der Waals surface area contributed by atoms with Crippen molar-refractivity contribution in [2.24, 2.45) is 0 Å². The summed E-state index contributed by atoms with van der Waals surface area (Å²) in [5.41, 5.74) is 15.8. The van der Waals surface area contributed by atoms with Gasteiger partial charge in [0, 0.05) is 49.7 Å². The van der Waals surface area contributed by atoms with E-state index in [0.717, 1.165) is 94.3 Å². The van der Waals surface area contributed by atoms with Crippen LogP contribution in [-0.2, 0) is 0 Å². The lowest BCUT2D eigenvalue weighted by Gasteiger charge is -2.27. The maximum Gasteiger partial charge on any atom is 0.143 e. The van der Waals surface area contributed by atoms with Gasteiger partial charge in [0.2, 0.25) is 0 Å². The summed E-state index contributed by atoms with van der Waals surface area (Å²) in [4.78, 5) is 2.35. The van der Waals surface area contributed by atoms with Gasteiger partial charge < -0.3 is 13.7 Å². The molecule has 3 heteroatoms. The van der Waals surface area contributed by atoms with Crippen LogP contribution in [0.2, 0.25) is 0 Å². The van der Waals surface area contributed by atoms with Gasteiger partial charge in [-0.05, 0) is 88.0 Å². The molecule has 0 N–H and O–H groups in total. The van der Waals surface area contributed by atoms with E-state index in [-0.39, 0.29) is 0 Å². The van der Waals surface area contributed by atoms with Crippen LogP contribution in [0.5, 0.6) is 0 Å². The summed E-state index contributed by atoms with van der Waals surface area (Å²) >= 11 is 0. The summed E-state index contributed by atoms with van der Waals surface area (Å²) < 4.78 is 13.1. The van der Waals surface area contributed by atoms with E-state index >= 15 is 0 Å². The summed E-state index contributed by atoms with van der Waals surface area (Å²) in [7, 11) is 0. The van der Waals surface area contributed by atoms with Gasteiger partial charge in [-0.25, -0.2) is 0 Å². The highest BCUT2D eigenvalue weighted by Crippen LogP contribution is 2.44. The fourth-order valence-electron chi connectivity index (χ4n) is 8.28. The summed E-state index contributed by atoms with van der Waals surface area (Å²) in [5.74, 6) is 0. The molecule has 2 aromatic heterocycles. The van der Waals surface area contributed by atoms with Crippen molar-refractivity contribution in [3.63, 3.8) is 0 Å². The molecule has 0 radical (unpaired) electrons. The highest BCUT2D eigenvalue weighted by Gasteiger charge is 2.20. The maximum atomic E-state index is 6.57. The molecule has 9 aromatic carbocycles. The van der Waals surface area contributed by atoms with Crippen molar-refractivity contribution in [1.29, 1.82) is 0 Å². The topological polar surface area (TPSA) is 29.5 Å². The Morgan fingerprint density at radius 3 is 1.42 bits per heavy atom. The third-order valence-corrected chi connectivity index (χ3v) is 11.1. The predicted molar refractivity (Wildman–Crippen MR) is 237 cm³/mol. The lowest BCUT2D eigenvalue weighted by Crippen LogP contribution is -2.10. The van der Waals surface area contributed by atoms with Gasteiger partial charge in [-0.1, -0.05) is 158 Å². The SMILES string of the molecule is c1ccc(-c2ccc(N(c3ccc(-c4ccc5oc6c(-c7ccccc7)cccc6c5c4)cc3)c3cc(-c4ccccc4)c4oc5ccccc5c4c3)cc2)cc1. The largest absolute Gasteiger partial charge is 0.455 e. The molecule has 11 aromatic rings. The van der Waals surface area contributed by atoms with Crippen LogP contribution in [0.25, 0.3) is 88.4 Å². The van der Waals surface area contributed by atoms with Gasteiger partial charge in [0.25, 0.3) is 0 Å². The van der Waals surface area contributed by atoms with Crippen LogP contribution in [-0.4, -0.2) is 0 Å². The standard InChI is InChI=1S/C54H35NO2/c1-4-13-36(14-5-1)37-23-28-42(29-24-37)55(44-34-48(40-17-8-3-9-18-40)54-50(35-44)46-19-10-11-22-51(46)56-54)43-30-25-38(26-31-43)41-27-32-52-49(33-41)47-21-12-20-45(53(47)57-52)39-15-6-2-7-16-39/h1-35H. The maximum absolute atomic E-state index is 6.57.